The molecule has 0 radical (unpaired) electrons. The first-order chi connectivity index (χ1) is 11.5. The van der Waals surface area contributed by atoms with Gasteiger partial charge >= 0.3 is 0 Å². The predicted molar refractivity (Wildman–Crippen MR) is 83.4 cm³/mol. The van der Waals surface area contributed by atoms with Crippen molar-refractivity contribution in [3.05, 3.63) is 59.1 Å². The number of carbonyl (C=O) groups excluding carboxylic acids is 1. The van der Waals surface area contributed by atoms with Crippen LogP contribution in [-0.2, 0) is 0 Å². The highest BCUT2D eigenvalue weighted by atomic mass is 19.1. The second-order valence-corrected chi connectivity index (χ2v) is 6.14. The molecule has 2 unspecified atom stereocenters. The summed E-state index contributed by atoms with van der Waals surface area (Å²) in [5.74, 6) is -1.44. The molecule has 2 atom stereocenters. The van der Waals surface area contributed by atoms with E-state index in [4.69, 9.17) is 4.42 Å². The van der Waals surface area contributed by atoms with Crippen LogP contribution in [0.4, 0.5) is 8.78 Å². The Balaban J connectivity index is 1.78. The summed E-state index contributed by atoms with van der Waals surface area (Å²) in [6.45, 7) is 1.91. The van der Waals surface area contributed by atoms with Gasteiger partial charge in [0.05, 0.1) is 11.8 Å². The van der Waals surface area contributed by atoms with Gasteiger partial charge in [-0.25, -0.2) is 8.78 Å². The van der Waals surface area contributed by atoms with Gasteiger partial charge in [0, 0.05) is 19.0 Å². The normalized spacial score (nSPS) is 18.8. The molecule has 0 bridgehead atoms. The maximum Gasteiger partial charge on any atom is 0.257 e. The number of rotatable bonds is 4. The summed E-state index contributed by atoms with van der Waals surface area (Å²) in [6.07, 6.45) is 2.41. The second kappa shape index (κ2) is 6.73. The van der Waals surface area contributed by atoms with Crippen LogP contribution in [0.5, 0.6) is 0 Å². The maximum atomic E-state index is 14.1. The Labute approximate surface area is 138 Å². The fraction of sp³-hybridized carbons (Fsp3) is 0.389. The summed E-state index contributed by atoms with van der Waals surface area (Å²) in [4.78, 5) is 14.1. The molecule has 1 aliphatic heterocycles. The van der Waals surface area contributed by atoms with E-state index in [0.717, 1.165) is 18.6 Å². The summed E-state index contributed by atoms with van der Waals surface area (Å²) in [6, 6.07) is 5.10. The van der Waals surface area contributed by atoms with E-state index < -0.39 is 23.6 Å². The molecule has 128 valence electrons. The number of carbonyl (C=O) groups is 1. The Morgan fingerprint density at radius 3 is 2.92 bits per heavy atom. The minimum atomic E-state index is -0.835. The maximum absolute atomic E-state index is 14.1. The highest BCUT2D eigenvalue weighted by Crippen LogP contribution is 2.29. The number of aliphatic hydroxyl groups excluding tert-OH is 1. The number of likely N-dealkylation sites (tertiary alicyclic amines) is 1. The van der Waals surface area contributed by atoms with E-state index in [1.165, 1.54) is 18.1 Å². The lowest BCUT2D eigenvalue weighted by atomic mass is 10.0. The van der Waals surface area contributed by atoms with Crippen molar-refractivity contribution in [2.45, 2.75) is 38.3 Å². The lowest BCUT2D eigenvalue weighted by Crippen LogP contribution is -2.37. The summed E-state index contributed by atoms with van der Waals surface area (Å²) in [5, 5.41) is 10.2. The van der Waals surface area contributed by atoms with Crippen LogP contribution in [0.1, 0.15) is 47.0 Å². The molecule has 0 saturated carbocycles. The molecule has 3 rings (SSSR count). The van der Waals surface area contributed by atoms with Crippen LogP contribution in [0.3, 0.4) is 0 Å². The summed E-state index contributed by atoms with van der Waals surface area (Å²) in [5.41, 5.74) is -0.104. The molecule has 0 spiro atoms. The molecule has 24 heavy (non-hydrogen) atoms. The number of aliphatic hydroxyl groups is 1. The molecular weight excluding hydrogens is 316 g/mol. The van der Waals surface area contributed by atoms with Gasteiger partial charge in [0.1, 0.15) is 23.5 Å². The van der Waals surface area contributed by atoms with E-state index in [1.807, 2.05) is 0 Å². The number of halogens is 2. The molecule has 1 aliphatic rings. The average molecular weight is 335 g/mol. The highest BCUT2D eigenvalue weighted by Gasteiger charge is 2.33. The molecule has 1 N–H and O–H groups in total. The topological polar surface area (TPSA) is 53.7 Å². The van der Waals surface area contributed by atoms with Crippen molar-refractivity contribution in [1.29, 1.82) is 0 Å². The molecule has 2 heterocycles. The summed E-state index contributed by atoms with van der Waals surface area (Å²) in [7, 11) is 0. The van der Waals surface area contributed by atoms with Crippen LogP contribution >= 0.6 is 0 Å². The minimum Gasteiger partial charge on any atom is -0.467 e. The Morgan fingerprint density at radius 1 is 1.42 bits per heavy atom. The van der Waals surface area contributed by atoms with Gasteiger partial charge in [-0.1, -0.05) is 0 Å². The standard InChI is InChI=1S/C18H19F2NO3/c1-11-8-15(20)13(10-14(11)19)18(23)21-6-2-4-12(21)9-16(22)17-5-3-7-24-17/h3,5,7-8,10,12,16,22H,2,4,6,9H2,1H3. The van der Waals surface area contributed by atoms with Crippen LogP contribution in [0.2, 0.25) is 0 Å². The van der Waals surface area contributed by atoms with Crippen molar-refractivity contribution < 1.29 is 23.1 Å². The highest BCUT2D eigenvalue weighted by molar-refractivity contribution is 5.95. The molecule has 1 aromatic heterocycles. The predicted octanol–water partition coefficient (Wildman–Crippen LogP) is 3.59. The molecule has 4 nitrogen and oxygen atoms in total. The molecule has 1 aromatic carbocycles. The number of benzene rings is 1. The Bertz CT molecular complexity index is 730. The van der Waals surface area contributed by atoms with Gasteiger partial charge in [0.25, 0.3) is 5.91 Å². The van der Waals surface area contributed by atoms with Crippen LogP contribution in [0.25, 0.3) is 0 Å². The van der Waals surface area contributed by atoms with E-state index >= 15 is 0 Å². The smallest absolute Gasteiger partial charge is 0.257 e. The Hall–Kier alpha value is -2.21. The summed E-state index contributed by atoms with van der Waals surface area (Å²) < 4.78 is 32.9. The molecule has 1 fully saturated rings. The third-order valence-corrected chi connectivity index (χ3v) is 4.48. The van der Waals surface area contributed by atoms with Crippen molar-refractivity contribution in [3.63, 3.8) is 0 Å². The van der Waals surface area contributed by atoms with E-state index in [0.29, 0.717) is 25.1 Å². The quantitative estimate of drug-likeness (QED) is 0.929. The first-order valence-electron chi connectivity index (χ1n) is 7.95. The lowest BCUT2D eigenvalue weighted by molar-refractivity contribution is 0.0636. The van der Waals surface area contributed by atoms with E-state index in [9.17, 15) is 18.7 Å². The zero-order chi connectivity index (χ0) is 17.3. The number of furan rings is 1. The van der Waals surface area contributed by atoms with Crippen LogP contribution in [-0.4, -0.2) is 28.5 Å². The zero-order valence-corrected chi connectivity index (χ0v) is 13.3. The molecule has 1 saturated heterocycles. The minimum absolute atomic E-state index is 0.162. The molecule has 2 aromatic rings. The second-order valence-electron chi connectivity index (χ2n) is 6.14. The van der Waals surface area contributed by atoms with Gasteiger partial charge in [0.2, 0.25) is 0 Å². The molecule has 0 aliphatic carbocycles. The number of hydrogen-bond donors (Lipinski definition) is 1. The van der Waals surface area contributed by atoms with Crippen molar-refractivity contribution in [2.24, 2.45) is 0 Å². The van der Waals surface area contributed by atoms with Crippen molar-refractivity contribution in [3.8, 4) is 0 Å². The molecular formula is C18H19F2NO3. The Morgan fingerprint density at radius 2 is 2.21 bits per heavy atom. The summed E-state index contributed by atoms with van der Waals surface area (Å²) >= 11 is 0. The first kappa shape index (κ1) is 16.6. The van der Waals surface area contributed by atoms with Gasteiger partial charge in [-0.15, -0.1) is 0 Å². The van der Waals surface area contributed by atoms with E-state index in [2.05, 4.69) is 0 Å². The van der Waals surface area contributed by atoms with Crippen molar-refractivity contribution >= 4 is 5.91 Å². The number of hydrogen-bond acceptors (Lipinski definition) is 3. The third-order valence-electron chi connectivity index (χ3n) is 4.48. The Kier molecular flexibility index (Phi) is 4.66. The van der Waals surface area contributed by atoms with Gasteiger partial charge < -0.3 is 14.4 Å². The number of nitrogens with zero attached hydrogens (tertiary/aromatic N) is 1. The zero-order valence-electron chi connectivity index (χ0n) is 13.3. The molecule has 1 amide bonds. The fourth-order valence-electron chi connectivity index (χ4n) is 3.17. The van der Waals surface area contributed by atoms with E-state index in [1.54, 1.807) is 12.1 Å². The number of aryl methyl sites for hydroxylation is 1. The van der Waals surface area contributed by atoms with Gasteiger partial charge in [-0.2, -0.15) is 0 Å². The third kappa shape index (κ3) is 3.19. The monoisotopic (exact) mass is 335 g/mol. The van der Waals surface area contributed by atoms with E-state index in [-0.39, 0.29) is 17.2 Å². The van der Waals surface area contributed by atoms with Crippen molar-refractivity contribution in [2.75, 3.05) is 6.54 Å². The largest absolute Gasteiger partial charge is 0.467 e. The first-order valence-corrected chi connectivity index (χ1v) is 7.95. The van der Waals surface area contributed by atoms with Crippen LogP contribution < -0.4 is 0 Å². The lowest BCUT2D eigenvalue weighted by Gasteiger charge is -2.26. The fourth-order valence-corrected chi connectivity index (χ4v) is 3.17. The average Bonchev–Trinajstić information content (AvgIpc) is 3.21. The number of amides is 1. The van der Waals surface area contributed by atoms with Crippen LogP contribution in [0.15, 0.2) is 34.9 Å². The van der Waals surface area contributed by atoms with Gasteiger partial charge in [-0.05, 0) is 49.6 Å². The van der Waals surface area contributed by atoms with Gasteiger partial charge in [0.15, 0.2) is 0 Å². The van der Waals surface area contributed by atoms with Gasteiger partial charge in [-0.3, -0.25) is 4.79 Å². The van der Waals surface area contributed by atoms with Crippen molar-refractivity contribution in [1.82, 2.24) is 4.90 Å². The molecule has 6 heteroatoms. The SMILES string of the molecule is Cc1cc(F)c(C(=O)N2CCCC2CC(O)c2ccco2)cc1F. The van der Waals surface area contributed by atoms with Crippen LogP contribution in [0, 0.1) is 18.6 Å².